The van der Waals surface area contributed by atoms with Crippen molar-refractivity contribution in [3.05, 3.63) is 35.6 Å². The maximum Gasteiger partial charge on any atom is 0.123 e. The van der Waals surface area contributed by atoms with E-state index in [1.54, 1.807) is 12.1 Å². The van der Waals surface area contributed by atoms with Gasteiger partial charge in [0.15, 0.2) is 0 Å². The summed E-state index contributed by atoms with van der Waals surface area (Å²) in [6.07, 6.45) is 0.0147. The first kappa shape index (κ1) is 12.7. The van der Waals surface area contributed by atoms with Gasteiger partial charge in [0.25, 0.3) is 0 Å². The van der Waals surface area contributed by atoms with Crippen molar-refractivity contribution in [2.75, 3.05) is 26.2 Å². The van der Waals surface area contributed by atoms with Crippen molar-refractivity contribution in [1.29, 1.82) is 0 Å². The van der Waals surface area contributed by atoms with E-state index in [-0.39, 0.29) is 28.9 Å². The molecule has 0 spiro atoms. The summed E-state index contributed by atoms with van der Waals surface area (Å²) in [4.78, 5) is 4.90. The summed E-state index contributed by atoms with van der Waals surface area (Å²) in [6, 6.07) is 6.87. The molecule has 4 heteroatoms. The second-order valence-electron chi connectivity index (χ2n) is 7.45. The maximum atomic E-state index is 13.1. The molecule has 3 nitrogen and oxygen atoms in total. The van der Waals surface area contributed by atoms with E-state index in [1.807, 2.05) is 12.1 Å². The lowest BCUT2D eigenvalue weighted by atomic mass is 9.60. The van der Waals surface area contributed by atoms with Crippen LogP contribution in [0.5, 0.6) is 0 Å². The fourth-order valence-electron chi connectivity index (χ4n) is 4.89. The quantitative estimate of drug-likeness (QED) is 0.848. The minimum Gasteiger partial charge on any atom is -0.392 e. The van der Waals surface area contributed by atoms with Crippen LogP contribution in [0.25, 0.3) is 0 Å². The fraction of sp³-hybridized carbons (Fsp3) is 0.625. The summed E-state index contributed by atoms with van der Waals surface area (Å²) in [5.74, 6) is -0.183. The van der Waals surface area contributed by atoms with Crippen LogP contribution in [0, 0.1) is 16.6 Å². The molecule has 0 amide bonds. The molecule has 0 unspecified atom stereocenters. The van der Waals surface area contributed by atoms with E-state index in [0.29, 0.717) is 0 Å². The number of halogens is 1. The van der Waals surface area contributed by atoms with E-state index in [1.165, 1.54) is 0 Å². The normalized spacial score (nSPS) is 49.6. The van der Waals surface area contributed by atoms with Crippen LogP contribution in [0.1, 0.15) is 25.6 Å². The molecule has 1 N–H and O–H groups in total. The minimum atomic E-state index is -0.225. The van der Waals surface area contributed by atoms with Crippen LogP contribution in [0.3, 0.4) is 0 Å². The molecule has 4 heterocycles. The molecular weight excluding hydrogens is 255 g/mol. The lowest BCUT2D eigenvalue weighted by Gasteiger charge is -2.68. The third kappa shape index (κ3) is 1.56. The second-order valence-corrected chi connectivity index (χ2v) is 7.45. The number of nitrogens with zero attached hydrogens (tertiary/aromatic N) is 2. The summed E-state index contributed by atoms with van der Waals surface area (Å²) in [6.45, 7) is 8.05. The number of rotatable bonds is 1. The monoisotopic (exact) mass is 276 g/mol. The van der Waals surface area contributed by atoms with E-state index in [4.69, 9.17) is 0 Å². The van der Waals surface area contributed by atoms with Crippen LogP contribution in [0.15, 0.2) is 24.3 Å². The molecule has 0 saturated carbocycles. The Morgan fingerprint density at radius 2 is 1.45 bits per heavy atom. The van der Waals surface area contributed by atoms with Crippen molar-refractivity contribution in [3.63, 3.8) is 0 Å². The molecule has 0 radical (unpaired) electrons. The minimum absolute atomic E-state index is 0.0399. The number of aliphatic hydroxyl groups excluding tert-OH is 1. The van der Waals surface area contributed by atoms with E-state index < -0.39 is 0 Å². The summed E-state index contributed by atoms with van der Waals surface area (Å²) in [5, 5.41) is 10.6. The SMILES string of the molecule is CC12CN3CC(C)(CN(C1)C3c1ccc(F)cc1)C2O. The smallest absolute Gasteiger partial charge is 0.123 e. The fourth-order valence-corrected chi connectivity index (χ4v) is 4.89. The predicted molar refractivity (Wildman–Crippen MR) is 74.5 cm³/mol. The van der Waals surface area contributed by atoms with Gasteiger partial charge in [0, 0.05) is 37.0 Å². The van der Waals surface area contributed by atoms with Crippen LogP contribution in [0.2, 0.25) is 0 Å². The van der Waals surface area contributed by atoms with Crippen LogP contribution in [-0.2, 0) is 0 Å². The highest BCUT2D eigenvalue weighted by atomic mass is 19.1. The molecule has 108 valence electrons. The van der Waals surface area contributed by atoms with Gasteiger partial charge in [0.1, 0.15) is 5.82 Å². The standard InChI is InChI=1S/C16H21FN2O/c1-15-7-18-9-16(2,14(15)20)10-19(8-15)13(18)11-3-5-12(17)6-4-11/h3-6,13-14,20H,7-10H2,1-2H3. The Bertz CT molecular complexity index is 506. The highest BCUT2D eigenvalue weighted by Gasteiger charge is 2.61. The van der Waals surface area contributed by atoms with Gasteiger partial charge in [-0.05, 0) is 17.7 Å². The number of aliphatic hydroxyl groups is 1. The molecule has 20 heavy (non-hydrogen) atoms. The first-order valence-electron chi connectivity index (χ1n) is 7.33. The number of piperidine rings is 2. The molecule has 4 fully saturated rings. The molecule has 4 bridgehead atoms. The largest absolute Gasteiger partial charge is 0.392 e. The average Bonchev–Trinajstić information content (AvgIpc) is 2.36. The van der Waals surface area contributed by atoms with Crippen LogP contribution >= 0.6 is 0 Å². The van der Waals surface area contributed by atoms with Gasteiger partial charge in [-0.2, -0.15) is 0 Å². The molecule has 0 aromatic heterocycles. The lowest BCUT2D eigenvalue weighted by Crippen LogP contribution is -2.76. The Morgan fingerprint density at radius 3 is 1.90 bits per heavy atom. The molecule has 4 saturated heterocycles. The van der Waals surface area contributed by atoms with Crippen molar-refractivity contribution in [2.45, 2.75) is 26.1 Å². The molecule has 1 aromatic rings. The Morgan fingerprint density at radius 1 is 1.00 bits per heavy atom. The zero-order chi connectivity index (χ0) is 14.1. The predicted octanol–water partition coefficient (Wildman–Crippen LogP) is 1.84. The Labute approximate surface area is 119 Å². The third-order valence-electron chi connectivity index (χ3n) is 5.44. The molecule has 1 aromatic carbocycles. The van der Waals surface area contributed by atoms with Crippen LogP contribution < -0.4 is 0 Å². The molecular formula is C16H21FN2O. The first-order valence-corrected chi connectivity index (χ1v) is 7.33. The summed E-state index contributed by atoms with van der Waals surface area (Å²) in [5.41, 5.74) is 1.08. The van der Waals surface area contributed by atoms with Gasteiger partial charge in [-0.1, -0.05) is 26.0 Å². The van der Waals surface area contributed by atoms with E-state index >= 15 is 0 Å². The molecule has 0 atom stereocenters. The number of hydrogen-bond acceptors (Lipinski definition) is 3. The zero-order valence-corrected chi connectivity index (χ0v) is 12.0. The average molecular weight is 276 g/mol. The van der Waals surface area contributed by atoms with Crippen molar-refractivity contribution in [2.24, 2.45) is 10.8 Å². The molecule has 0 aliphatic carbocycles. The van der Waals surface area contributed by atoms with Crippen molar-refractivity contribution in [1.82, 2.24) is 9.80 Å². The summed E-state index contributed by atoms with van der Waals surface area (Å²) in [7, 11) is 0. The Hall–Kier alpha value is -0.970. The highest BCUT2D eigenvalue weighted by Crippen LogP contribution is 2.54. The number of benzene rings is 1. The second kappa shape index (κ2) is 3.81. The highest BCUT2D eigenvalue weighted by molar-refractivity contribution is 5.24. The van der Waals surface area contributed by atoms with E-state index in [9.17, 15) is 9.50 Å². The van der Waals surface area contributed by atoms with Gasteiger partial charge in [-0.25, -0.2) is 4.39 Å². The van der Waals surface area contributed by atoms with Gasteiger partial charge in [0.05, 0.1) is 12.3 Å². The van der Waals surface area contributed by atoms with Crippen molar-refractivity contribution in [3.8, 4) is 0 Å². The van der Waals surface area contributed by atoms with Crippen LogP contribution in [0.4, 0.5) is 4.39 Å². The van der Waals surface area contributed by atoms with Crippen molar-refractivity contribution >= 4 is 0 Å². The van der Waals surface area contributed by atoms with Gasteiger partial charge < -0.3 is 5.11 Å². The van der Waals surface area contributed by atoms with E-state index in [0.717, 1.165) is 31.7 Å². The summed E-state index contributed by atoms with van der Waals surface area (Å²) < 4.78 is 13.1. The third-order valence-corrected chi connectivity index (χ3v) is 5.44. The van der Waals surface area contributed by atoms with Gasteiger partial charge in [-0.15, -0.1) is 0 Å². The van der Waals surface area contributed by atoms with Crippen molar-refractivity contribution < 1.29 is 9.50 Å². The van der Waals surface area contributed by atoms with E-state index in [2.05, 4.69) is 23.6 Å². The zero-order valence-electron chi connectivity index (χ0n) is 12.0. The topological polar surface area (TPSA) is 26.7 Å². The lowest BCUT2D eigenvalue weighted by molar-refractivity contribution is -0.253. The molecule has 5 rings (SSSR count). The Kier molecular flexibility index (Phi) is 2.43. The van der Waals surface area contributed by atoms with Gasteiger partial charge in [0.2, 0.25) is 0 Å². The van der Waals surface area contributed by atoms with Gasteiger partial charge >= 0.3 is 0 Å². The molecule has 4 aliphatic rings. The number of hydrogen-bond donors (Lipinski definition) is 1. The summed E-state index contributed by atoms with van der Waals surface area (Å²) >= 11 is 0. The van der Waals surface area contributed by atoms with Gasteiger partial charge in [-0.3, -0.25) is 9.80 Å². The molecule has 4 aliphatic heterocycles. The Balaban J connectivity index is 1.72. The maximum absolute atomic E-state index is 13.1. The first-order chi connectivity index (χ1) is 9.41. The van der Waals surface area contributed by atoms with Crippen LogP contribution in [-0.4, -0.2) is 47.2 Å².